The van der Waals surface area contributed by atoms with E-state index in [2.05, 4.69) is 10.3 Å². The molecule has 5 heteroatoms. The van der Waals surface area contributed by atoms with Gasteiger partial charge in [-0.1, -0.05) is 12.1 Å². The van der Waals surface area contributed by atoms with Gasteiger partial charge < -0.3 is 4.74 Å². The second kappa shape index (κ2) is 5.84. The number of ether oxygens (including phenoxy) is 1. The van der Waals surface area contributed by atoms with E-state index in [9.17, 15) is 4.79 Å². The van der Waals surface area contributed by atoms with Crippen molar-refractivity contribution in [1.29, 1.82) is 0 Å². The van der Waals surface area contributed by atoms with Crippen LogP contribution in [0.4, 0.5) is 5.13 Å². The summed E-state index contributed by atoms with van der Waals surface area (Å²) in [7, 11) is 0. The largest absolute Gasteiger partial charge is 0.481 e. The molecule has 2 aromatic rings. The van der Waals surface area contributed by atoms with E-state index in [1.165, 1.54) is 11.3 Å². The molecular weight excluding hydrogens is 260 g/mol. The maximum absolute atomic E-state index is 11.9. The average molecular weight is 276 g/mol. The standard InChI is InChI=1S/C14H16N2O2S/c1-9-5-4-6-12(7-9)18-11(3)13(17)16-14-15-8-10(2)19-14/h4-8,11H,1-3H3,(H,15,16,17). The third-order valence-corrected chi connectivity index (χ3v) is 3.35. The number of nitrogens with zero attached hydrogens (tertiary/aromatic N) is 1. The zero-order chi connectivity index (χ0) is 13.8. The topological polar surface area (TPSA) is 51.2 Å². The molecule has 0 spiro atoms. The van der Waals surface area contributed by atoms with Gasteiger partial charge in [-0.3, -0.25) is 10.1 Å². The molecular formula is C14H16N2O2S. The van der Waals surface area contributed by atoms with E-state index in [4.69, 9.17) is 4.74 Å². The van der Waals surface area contributed by atoms with E-state index in [0.29, 0.717) is 10.9 Å². The zero-order valence-corrected chi connectivity index (χ0v) is 12.0. The third-order valence-electron chi connectivity index (χ3n) is 2.52. The molecule has 0 fully saturated rings. The van der Waals surface area contributed by atoms with E-state index in [1.807, 2.05) is 38.1 Å². The molecule has 1 atom stereocenters. The molecule has 1 aromatic heterocycles. The lowest BCUT2D eigenvalue weighted by Crippen LogP contribution is -2.30. The molecule has 0 radical (unpaired) electrons. The fourth-order valence-electron chi connectivity index (χ4n) is 1.57. The predicted molar refractivity (Wildman–Crippen MR) is 76.7 cm³/mol. The molecule has 0 saturated heterocycles. The number of aromatic nitrogens is 1. The van der Waals surface area contributed by atoms with E-state index >= 15 is 0 Å². The SMILES string of the molecule is Cc1cccc(OC(C)C(=O)Nc2ncc(C)s2)c1. The Bertz CT molecular complexity index is 580. The molecule has 1 heterocycles. The fraction of sp³-hybridized carbons (Fsp3) is 0.286. The van der Waals surface area contributed by atoms with Gasteiger partial charge >= 0.3 is 0 Å². The second-order valence-electron chi connectivity index (χ2n) is 4.34. The van der Waals surface area contributed by atoms with Crippen molar-refractivity contribution >= 4 is 22.4 Å². The fourth-order valence-corrected chi connectivity index (χ4v) is 2.23. The number of amides is 1. The van der Waals surface area contributed by atoms with Crippen LogP contribution in [0.25, 0.3) is 0 Å². The predicted octanol–water partition coefficient (Wildman–Crippen LogP) is 3.17. The minimum absolute atomic E-state index is 0.198. The van der Waals surface area contributed by atoms with Crippen LogP contribution in [-0.2, 0) is 4.79 Å². The van der Waals surface area contributed by atoms with Crippen LogP contribution in [0.5, 0.6) is 5.75 Å². The molecule has 100 valence electrons. The van der Waals surface area contributed by atoms with Crippen LogP contribution < -0.4 is 10.1 Å². The van der Waals surface area contributed by atoms with Gasteiger partial charge in [-0.25, -0.2) is 4.98 Å². The van der Waals surface area contributed by atoms with Gasteiger partial charge in [0.2, 0.25) is 0 Å². The van der Waals surface area contributed by atoms with E-state index < -0.39 is 6.10 Å². The third kappa shape index (κ3) is 3.79. The first kappa shape index (κ1) is 13.5. The van der Waals surface area contributed by atoms with Crippen molar-refractivity contribution in [3.8, 4) is 5.75 Å². The Kier molecular flexibility index (Phi) is 4.16. The van der Waals surface area contributed by atoms with Crippen LogP contribution >= 0.6 is 11.3 Å². The molecule has 1 unspecified atom stereocenters. The van der Waals surface area contributed by atoms with Gasteiger partial charge in [-0.05, 0) is 38.5 Å². The highest BCUT2D eigenvalue weighted by atomic mass is 32.1. The number of benzene rings is 1. The van der Waals surface area contributed by atoms with Crippen molar-refractivity contribution in [1.82, 2.24) is 4.98 Å². The Morgan fingerprint density at radius 3 is 2.84 bits per heavy atom. The lowest BCUT2D eigenvalue weighted by atomic mass is 10.2. The molecule has 1 aromatic carbocycles. The highest BCUT2D eigenvalue weighted by Gasteiger charge is 2.16. The van der Waals surface area contributed by atoms with Crippen LogP contribution in [0.2, 0.25) is 0 Å². The highest BCUT2D eigenvalue weighted by molar-refractivity contribution is 7.15. The molecule has 0 aliphatic carbocycles. The smallest absolute Gasteiger partial charge is 0.266 e. The number of anilines is 1. The van der Waals surface area contributed by atoms with Gasteiger partial charge in [0.1, 0.15) is 5.75 Å². The van der Waals surface area contributed by atoms with E-state index in [1.54, 1.807) is 13.1 Å². The number of carbonyl (C=O) groups excluding carboxylic acids is 1. The summed E-state index contributed by atoms with van der Waals surface area (Å²) in [6, 6.07) is 7.62. The summed E-state index contributed by atoms with van der Waals surface area (Å²) in [6.07, 6.45) is 1.16. The van der Waals surface area contributed by atoms with Gasteiger partial charge in [0.05, 0.1) is 0 Å². The van der Waals surface area contributed by atoms with Gasteiger partial charge in [0.25, 0.3) is 5.91 Å². The highest BCUT2D eigenvalue weighted by Crippen LogP contribution is 2.18. The van der Waals surface area contributed by atoms with Crippen LogP contribution in [0.1, 0.15) is 17.4 Å². The van der Waals surface area contributed by atoms with Crippen LogP contribution in [0, 0.1) is 13.8 Å². The van der Waals surface area contributed by atoms with Crippen molar-refractivity contribution in [2.24, 2.45) is 0 Å². The summed E-state index contributed by atoms with van der Waals surface area (Å²) in [5, 5.41) is 3.34. The number of rotatable bonds is 4. The first-order valence-corrected chi connectivity index (χ1v) is 6.83. The maximum Gasteiger partial charge on any atom is 0.266 e. The minimum atomic E-state index is -0.564. The number of aryl methyl sites for hydroxylation is 2. The Morgan fingerprint density at radius 1 is 1.42 bits per heavy atom. The van der Waals surface area contributed by atoms with Crippen molar-refractivity contribution in [2.75, 3.05) is 5.32 Å². The molecule has 2 rings (SSSR count). The quantitative estimate of drug-likeness (QED) is 0.933. The molecule has 0 aliphatic heterocycles. The normalized spacial score (nSPS) is 11.9. The number of carbonyl (C=O) groups is 1. The summed E-state index contributed by atoms with van der Waals surface area (Å²) in [5.41, 5.74) is 1.10. The summed E-state index contributed by atoms with van der Waals surface area (Å²) in [5.74, 6) is 0.494. The maximum atomic E-state index is 11.9. The van der Waals surface area contributed by atoms with Gasteiger partial charge in [-0.15, -0.1) is 11.3 Å². The Morgan fingerprint density at radius 2 is 2.21 bits per heavy atom. The number of nitrogens with one attached hydrogen (secondary N) is 1. The summed E-state index contributed by atoms with van der Waals surface area (Å²) >= 11 is 1.44. The molecule has 1 N–H and O–H groups in total. The summed E-state index contributed by atoms with van der Waals surface area (Å²) in [4.78, 5) is 17.1. The Hall–Kier alpha value is -1.88. The van der Waals surface area contributed by atoms with Crippen molar-refractivity contribution in [2.45, 2.75) is 26.9 Å². The number of hydrogen-bond donors (Lipinski definition) is 1. The van der Waals surface area contributed by atoms with Gasteiger partial charge in [0.15, 0.2) is 11.2 Å². The summed E-state index contributed by atoms with van der Waals surface area (Å²) in [6.45, 7) is 5.65. The molecule has 1 amide bonds. The number of thiazole rings is 1. The van der Waals surface area contributed by atoms with Crippen LogP contribution in [0.3, 0.4) is 0 Å². The average Bonchev–Trinajstić information content (AvgIpc) is 2.74. The molecule has 0 bridgehead atoms. The second-order valence-corrected chi connectivity index (χ2v) is 5.58. The number of hydrogen-bond acceptors (Lipinski definition) is 4. The Labute approximate surface area is 116 Å². The van der Waals surface area contributed by atoms with Crippen LogP contribution in [-0.4, -0.2) is 17.0 Å². The first-order chi connectivity index (χ1) is 9.04. The van der Waals surface area contributed by atoms with E-state index in [0.717, 1.165) is 10.4 Å². The van der Waals surface area contributed by atoms with Gasteiger partial charge in [0, 0.05) is 11.1 Å². The lowest BCUT2D eigenvalue weighted by Gasteiger charge is -2.13. The van der Waals surface area contributed by atoms with E-state index in [-0.39, 0.29) is 5.91 Å². The molecule has 19 heavy (non-hydrogen) atoms. The molecule has 0 saturated carbocycles. The Balaban J connectivity index is 1.96. The van der Waals surface area contributed by atoms with Crippen molar-refractivity contribution < 1.29 is 9.53 Å². The monoisotopic (exact) mass is 276 g/mol. The van der Waals surface area contributed by atoms with Crippen LogP contribution in [0.15, 0.2) is 30.5 Å². The zero-order valence-electron chi connectivity index (χ0n) is 11.1. The first-order valence-electron chi connectivity index (χ1n) is 6.01. The minimum Gasteiger partial charge on any atom is -0.481 e. The van der Waals surface area contributed by atoms with Crippen molar-refractivity contribution in [3.05, 3.63) is 40.9 Å². The van der Waals surface area contributed by atoms with Gasteiger partial charge in [-0.2, -0.15) is 0 Å². The molecule has 0 aliphatic rings. The molecule has 4 nitrogen and oxygen atoms in total. The lowest BCUT2D eigenvalue weighted by molar-refractivity contribution is -0.122. The van der Waals surface area contributed by atoms with Crippen molar-refractivity contribution in [3.63, 3.8) is 0 Å². The summed E-state index contributed by atoms with van der Waals surface area (Å²) < 4.78 is 5.60.